The van der Waals surface area contributed by atoms with Gasteiger partial charge in [0.15, 0.2) is 35.4 Å². The predicted octanol–water partition coefficient (Wildman–Crippen LogP) is 13.0. The highest BCUT2D eigenvalue weighted by Crippen LogP contribution is 2.30. The summed E-state index contributed by atoms with van der Waals surface area (Å²) in [6.07, 6.45) is 4.45. The number of amides is 1. The maximum atomic E-state index is 14.6. The van der Waals surface area contributed by atoms with Gasteiger partial charge in [0, 0.05) is 23.2 Å². The summed E-state index contributed by atoms with van der Waals surface area (Å²) < 4.78 is 259. The average molecular weight is 1620 g/mol. The molecule has 0 bridgehead atoms. The zero-order valence-electron chi connectivity index (χ0n) is 57.3. The molecule has 0 aliphatic rings. The van der Waals surface area contributed by atoms with E-state index in [4.69, 9.17) is 21.7 Å². The molecule has 0 fully saturated rings. The van der Waals surface area contributed by atoms with E-state index in [1.54, 1.807) is 71.0 Å². The van der Waals surface area contributed by atoms with E-state index in [1.807, 2.05) is 43.2 Å². The van der Waals surface area contributed by atoms with E-state index in [1.165, 1.54) is 12.4 Å². The first kappa shape index (κ1) is 89.5. The Balaban J connectivity index is 0.000000279. The lowest BCUT2D eigenvalue weighted by molar-refractivity contribution is 0.0679. The Morgan fingerprint density at radius 1 is 0.398 bits per heavy atom. The highest BCUT2D eigenvalue weighted by molar-refractivity contribution is 7.93. The number of carboxylic acid groups (broad SMARTS) is 2. The SMILES string of the molecule is CCCS(=O)(=O)Nc1ccc(F)c(C(=O)O)c1F.CCCS(=O)(=O)Nc1ccc(F)c(C=O)c1F.CCCS(=O)(=O)Nc1ccc(F)c(N)c1F.CCCS(=O)(=O)Nc1ccc(F)c(N)c1F.CCCS(=O)(=O)Nc1ccc(F)c(NC(=O)c2cnc3ccccc3c2)c1F.O=C(O)c1cnc2ccccc2c1. The number of aromatic carboxylic acids is 2. The fraction of sp³-hybridized carbons (Fsp3) is 0.224. The Morgan fingerprint density at radius 3 is 1.07 bits per heavy atom. The summed E-state index contributed by atoms with van der Waals surface area (Å²) >= 11 is 0. The number of nitrogens with zero attached hydrogens (tertiary/aromatic N) is 2. The minimum Gasteiger partial charge on any atom is -0.478 e. The van der Waals surface area contributed by atoms with Crippen molar-refractivity contribution < 1.29 is 115 Å². The van der Waals surface area contributed by atoms with Crippen molar-refractivity contribution in [2.24, 2.45) is 0 Å². The number of fused-ring (bicyclic) bond motifs is 2. The first-order chi connectivity index (χ1) is 50.5. The molecular formula is C67H70F10N10O16S5. The number of hydrogen-bond donors (Lipinski definition) is 10. The number of nitrogens with two attached hydrogens (primary N) is 2. The monoisotopic (exact) mass is 1620 g/mol. The number of carboxylic acids is 2. The number of aldehydes is 1. The highest BCUT2D eigenvalue weighted by atomic mass is 32.2. The number of anilines is 8. The molecule has 0 saturated carbocycles. The van der Waals surface area contributed by atoms with E-state index in [0.717, 1.165) is 65.5 Å². The largest absolute Gasteiger partial charge is 0.478 e. The van der Waals surface area contributed by atoms with Crippen LogP contribution in [-0.4, -0.2) is 115 Å². The van der Waals surface area contributed by atoms with Crippen molar-refractivity contribution in [3.63, 3.8) is 0 Å². The van der Waals surface area contributed by atoms with Crippen LogP contribution < -0.4 is 40.4 Å². The van der Waals surface area contributed by atoms with E-state index in [0.29, 0.717) is 49.1 Å². The fourth-order valence-electron chi connectivity index (χ4n) is 8.63. The van der Waals surface area contributed by atoms with Gasteiger partial charge in [-0.2, -0.15) is 0 Å². The Hall–Kier alpha value is -10.9. The Labute approximate surface area is 613 Å². The van der Waals surface area contributed by atoms with Crippen LogP contribution in [0.5, 0.6) is 0 Å². The third kappa shape index (κ3) is 26.8. The Bertz CT molecular complexity index is 5260. The molecule has 26 nitrogen and oxygen atoms in total. The second-order valence-electron chi connectivity index (χ2n) is 22.2. The van der Waals surface area contributed by atoms with Crippen LogP contribution >= 0.6 is 0 Å². The van der Waals surface area contributed by atoms with Gasteiger partial charge in [-0.05, 0) is 117 Å². The van der Waals surface area contributed by atoms with Gasteiger partial charge in [-0.3, -0.25) is 43.2 Å². The molecule has 9 aromatic rings. The average Bonchev–Trinajstić information content (AvgIpc) is 1.03. The Morgan fingerprint density at radius 2 is 0.713 bits per heavy atom. The van der Waals surface area contributed by atoms with Crippen LogP contribution in [0.15, 0.2) is 134 Å². The van der Waals surface area contributed by atoms with E-state index >= 15 is 0 Å². The van der Waals surface area contributed by atoms with Gasteiger partial charge in [0.05, 0.1) is 84.9 Å². The summed E-state index contributed by atoms with van der Waals surface area (Å²) in [7, 11) is -18.4. The number of sulfonamides is 5. The van der Waals surface area contributed by atoms with Crippen LogP contribution in [0, 0.1) is 58.2 Å². The van der Waals surface area contributed by atoms with Gasteiger partial charge < -0.3 is 27.0 Å². The summed E-state index contributed by atoms with van der Waals surface area (Å²) in [5.41, 5.74) is 5.74. The van der Waals surface area contributed by atoms with Crippen LogP contribution in [-0.2, 0) is 50.1 Å². The summed E-state index contributed by atoms with van der Waals surface area (Å²) in [6, 6.07) is 26.6. The van der Waals surface area contributed by atoms with E-state index in [9.17, 15) is 105 Å². The lowest BCUT2D eigenvalue weighted by Crippen LogP contribution is -2.19. The second-order valence-corrected chi connectivity index (χ2v) is 31.4. The number of benzene rings is 7. The number of hydrogen-bond acceptors (Lipinski definition) is 18. The quantitative estimate of drug-likeness (QED) is 0.0144. The molecule has 108 heavy (non-hydrogen) atoms. The van der Waals surface area contributed by atoms with Gasteiger partial charge in [0.1, 0.15) is 51.7 Å². The molecule has 0 saturated heterocycles. The molecule has 7 aromatic carbocycles. The molecule has 0 aliphatic carbocycles. The lowest BCUT2D eigenvalue weighted by atomic mass is 10.1. The first-order valence-electron chi connectivity index (χ1n) is 31.4. The van der Waals surface area contributed by atoms with Crippen molar-refractivity contribution in [3.05, 3.63) is 214 Å². The smallest absolute Gasteiger partial charge is 0.341 e. The zero-order valence-corrected chi connectivity index (χ0v) is 61.4. The van der Waals surface area contributed by atoms with Gasteiger partial charge in [0.25, 0.3) is 5.91 Å². The standard InChI is InChI=1S/C19H17F2N3O3S.C10H11F2NO4S.C10H11F2NO3S.C10H7NO2.2C9H12F2N2O2S/c1-2-9-28(26,27)24-16-8-7-14(20)18(17(16)21)23-19(25)13-10-12-5-3-4-6-15(12)22-11-13;1-2-5-18(16,17)13-7-4-3-6(11)8(9(7)12)10(14)15;1-2-5-17(15,16)13-9-4-3-8(11)7(6-14)10(9)12;12-10(13)8-5-7-3-1-2-4-9(7)11-6-8;2*1-2-5-16(14,15)13-7-4-3-6(10)9(12)8(7)11/h3-8,10-11,24H,2,9H2,1H3,(H,23,25);3-4,13H,2,5H2,1H3,(H,14,15);3-4,6,13H,2,5H2,1H3;1-6H,(H,12,13);2*3-4,13H,2,5,12H2,1H3. The number of nitrogen functional groups attached to an aromatic ring is 2. The molecule has 2 heterocycles. The highest BCUT2D eigenvalue weighted by Gasteiger charge is 2.25. The molecule has 0 aliphatic heterocycles. The second kappa shape index (κ2) is 40.2. The number of carbonyl (C=O) groups excluding carboxylic acids is 2. The van der Waals surface area contributed by atoms with Crippen molar-refractivity contribution in [3.8, 4) is 0 Å². The van der Waals surface area contributed by atoms with Gasteiger partial charge >= 0.3 is 11.9 Å². The predicted molar refractivity (Wildman–Crippen MR) is 390 cm³/mol. The maximum Gasteiger partial charge on any atom is 0.341 e. The molecule has 0 unspecified atom stereocenters. The minimum absolute atomic E-state index is 0.00227. The minimum atomic E-state index is -3.78. The van der Waals surface area contributed by atoms with Gasteiger partial charge in [0.2, 0.25) is 50.1 Å². The van der Waals surface area contributed by atoms with E-state index in [2.05, 4.69) is 20.0 Å². The maximum absolute atomic E-state index is 14.6. The van der Waals surface area contributed by atoms with E-state index < -0.39 is 171 Å². The number of rotatable bonds is 25. The van der Waals surface area contributed by atoms with Gasteiger partial charge in [-0.25, -0.2) is 95.6 Å². The molecule has 0 spiro atoms. The number of para-hydroxylation sites is 2. The Kier molecular flexibility index (Phi) is 33.3. The molecule has 9 rings (SSSR count). The summed E-state index contributed by atoms with van der Waals surface area (Å²) in [5.74, 6) is -15.7. The number of aromatic nitrogens is 2. The van der Waals surface area contributed by atoms with Crippen molar-refractivity contribution in [1.29, 1.82) is 0 Å². The fourth-order valence-corrected chi connectivity index (χ4v) is 14.3. The van der Waals surface area contributed by atoms with Crippen molar-refractivity contribution >= 4 is 142 Å². The topological polar surface area (TPSA) is 429 Å². The summed E-state index contributed by atoms with van der Waals surface area (Å²) in [4.78, 5) is 52.3. The van der Waals surface area contributed by atoms with Crippen LogP contribution in [0.1, 0.15) is 108 Å². The normalized spacial score (nSPS) is 11.2. The molecule has 584 valence electrons. The molecule has 0 radical (unpaired) electrons. The van der Waals surface area contributed by atoms with E-state index in [-0.39, 0.29) is 57.6 Å². The van der Waals surface area contributed by atoms with Gasteiger partial charge in [-0.1, -0.05) is 71.0 Å². The van der Waals surface area contributed by atoms with Crippen LogP contribution in [0.3, 0.4) is 0 Å². The third-order valence-electron chi connectivity index (χ3n) is 13.5. The summed E-state index contributed by atoms with van der Waals surface area (Å²) in [5, 5.41) is 21.0. The number of carbonyl (C=O) groups is 4. The van der Waals surface area contributed by atoms with Crippen molar-refractivity contribution in [1.82, 2.24) is 9.97 Å². The van der Waals surface area contributed by atoms with Crippen LogP contribution in [0.25, 0.3) is 21.8 Å². The molecular weight excluding hydrogens is 1550 g/mol. The first-order valence-corrected chi connectivity index (χ1v) is 39.6. The molecule has 1 amide bonds. The van der Waals surface area contributed by atoms with Crippen molar-refractivity contribution in [2.75, 3.05) is 69.2 Å². The van der Waals surface area contributed by atoms with Crippen molar-refractivity contribution in [2.45, 2.75) is 66.7 Å². The number of halogens is 10. The molecule has 0 atom stereocenters. The van der Waals surface area contributed by atoms with Crippen LogP contribution in [0.2, 0.25) is 0 Å². The molecule has 2 aromatic heterocycles. The molecule has 12 N–H and O–H groups in total. The molecule has 41 heteroatoms. The lowest BCUT2D eigenvalue weighted by Gasteiger charge is -2.13. The number of pyridine rings is 2. The van der Waals surface area contributed by atoms with Crippen LogP contribution in [0.4, 0.5) is 89.4 Å². The zero-order chi connectivity index (χ0) is 81.2. The third-order valence-corrected chi connectivity index (χ3v) is 20.9. The number of nitrogens with one attached hydrogen (secondary N) is 6. The summed E-state index contributed by atoms with van der Waals surface area (Å²) in [6.45, 7) is 8.27. The van der Waals surface area contributed by atoms with Gasteiger partial charge in [-0.15, -0.1) is 0 Å².